The van der Waals surface area contributed by atoms with Crippen LogP contribution in [-0.2, 0) is 16.0 Å². The highest BCUT2D eigenvalue weighted by atomic mass is 16.2. The van der Waals surface area contributed by atoms with Gasteiger partial charge in [-0.3, -0.25) is 9.59 Å². The monoisotopic (exact) mass is 263 g/mol. The maximum absolute atomic E-state index is 11.8. The number of benzene rings is 1. The van der Waals surface area contributed by atoms with Gasteiger partial charge in [0.1, 0.15) is 6.04 Å². The maximum Gasteiger partial charge on any atom is 0.242 e. The third kappa shape index (κ3) is 4.99. The third-order valence-electron chi connectivity index (χ3n) is 2.73. The number of carbonyl (C=O) groups excluding carboxylic acids is 2. The number of hydrogen-bond acceptors (Lipinski definition) is 3. The van der Waals surface area contributed by atoms with Crippen molar-refractivity contribution in [3.63, 3.8) is 0 Å². The standard InChI is InChI=1S/C14H21N3O2/c1-3-8-16-14(19)10(2)17-13(18)9-11-6-4-5-7-12(11)15/h4-7,10H,3,8-9,15H2,1-2H3,(H,16,19)(H,17,18). The molecule has 0 radical (unpaired) electrons. The Bertz CT molecular complexity index is 446. The molecular weight excluding hydrogens is 242 g/mol. The van der Waals surface area contributed by atoms with Crippen molar-refractivity contribution in [1.82, 2.24) is 10.6 Å². The van der Waals surface area contributed by atoms with Gasteiger partial charge in [0.15, 0.2) is 0 Å². The first-order valence-electron chi connectivity index (χ1n) is 6.45. The molecule has 0 aliphatic carbocycles. The van der Waals surface area contributed by atoms with Gasteiger partial charge in [0.05, 0.1) is 6.42 Å². The van der Waals surface area contributed by atoms with Gasteiger partial charge in [-0.15, -0.1) is 0 Å². The number of carbonyl (C=O) groups is 2. The first-order chi connectivity index (χ1) is 9.04. The SMILES string of the molecule is CCCNC(=O)C(C)NC(=O)Cc1ccccc1N. The molecule has 5 heteroatoms. The zero-order valence-electron chi connectivity index (χ0n) is 11.4. The van der Waals surface area contributed by atoms with Gasteiger partial charge in [0.25, 0.3) is 0 Å². The fraction of sp³-hybridized carbons (Fsp3) is 0.429. The predicted molar refractivity (Wildman–Crippen MR) is 75.5 cm³/mol. The van der Waals surface area contributed by atoms with Crippen LogP contribution in [0, 0.1) is 0 Å². The molecule has 0 heterocycles. The Kier molecular flexibility index (Phi) is 5.85. The van der Waals surface area contributed by atoms with Gasteiger partial charge >= 0.3 is 0 Å². The lowest BCUT2D eigenvalue weighted by atomic mass is 10.1. The van der Waals surface area contributed by atoms with Crippen LogP contribution in [0.25, 0.3) is 0 Å². The third-order valence-corrected chi connectivity index (χ3v) is 2.73. The van der Waals surface area contributed by atoms with Gasteiger partial charge in [-0.1, -0.05) is 25.1 Å². The summed E-state index contributed by atoms with van der Waals surface area (Å²) in [7, 11) is 0. The number of nitrogens with one attached hydrogen (secondary N) is 2. The van der Waals surface area contributed by atoms with Crippen LogP contribution in [0.15, 0.2) is 24.3 Å². The van der Waals surface area contributed by atoms with Crippen molar-refractivity contribution in [2.45, 2.75) is 32.7 Å². The second kappa shape index (κ2) is 7.41. The Balaban J connectivity index is 2.47. The lowest BCUT2D eigenvalue weighted by Gasteiger charge is -2.14. The van der Waals surface area contributed by atoms with Crippen LogP contribution in [0.2, 0.25) is 0 Å². The molecule has 104 valence electrons. The molecule has 0 fully saturated rings. The van der Waals surface area contributed by atoms with Crippen LogP contribution in [-0.4, -0.2) is 24.4 Å². The Morgan fingerprint density at radius 1 is 1.32 bits per heavy atom. The molecule has 1 rings (SSSR count). The minimum atomic E-state index is -0.538. The van der Waals surface area contributed by atoms with Crippen molar-refractivity contribution < 1.29 is 9.59 Å². The van der Waals surface area contributed by atoms with Gasteiger partial charge in [-0.05, 0) is 25.0 Å². The van der Waals surface area contributed by atoms with Crippen LogP contribution in [0.1, 0.15) is 25.8 Å². The van der Waals surface area contributed by atoms with E-state index in [2.05, 4.69) is 10.6 Å². The number of amides is 2. The minimum absolute atomic E-state index is 0.170. The van der Waals surface area contributed by atoms with E-state index in [-0.39, 0.29) is 18.2 Å². The lowest BCUT2D eigenvalue weighted by molar-refractivity contribution is -0.128. The highest BCUT2D eigenvalue weighted by molar-refractivity contribution is 5.88. The summed E-state index contributed by atoms with van der Waals surface area (Å²) >= 11 is 0. The van der Waals surface area contributed by atoms with Crippen molar-refractivity contribution in [2.75, 3.05) is 12.3 Å². The van der Waals surface area contributed by atoms with E-state index in [0.29, 0.717) is 12.2 Å². The quantitative estimate of drug-likeness (QED) is 0.665. The summed E-state index contributed by atoms with van der Waals surface area (Å²) in [6, 6.07) is 6.66. The molecule has 0 bridgehead atoms. The highest BCUT2D eigenvalue weighted by Crippen LogP contribution is 2.10. The Morgan fingerprint density at radius 3 is 2.63 bits per heavy atom. The van der Waals surface area contributed by atoms with E-state index in [0.717, 1.165) is 12.0 Å². The number of anilines is 1. The number of nitrogens with two attached hydrogens (primary N) is 1. The van der Waals surface area contributed by atoms with Crippen molar-refractivity contribution in [2.24, 2.45) is 0 Å². The molecule has 0 aliphatic rings. The van der Waals surface area contributed by atoms with E-state index in [4.69, 9.17) is 5.73 Å². The van der Waals surface area contributed by atoms with Crippen molar-refractivity contribution in [1.29, 1.82) is 0 Å². The van der Waals surface area contributed by atoms with Crippen LogP contribution in [0.3, 0.4) is 0 Å². The largest absolute Gasteiger partial charge is 0.398 e. The zero-order chi connectivity index (χ0) is 14.3. The van der Waals surface area contributed by atoms with E-state index >= 15 is 0 Å². The summed E-state index contributed by atoms with van der Waals surface area (Å²) in [4.78, 5) is 23.4. The number of hydrogen-bond donors (Lipinski definition) is 3. The van der Waals surface area contributed by atoms with Crippen molar-refractivity contribution >= 4 is 17.5 Å². The molecule has 5 nitrogen and oxygen atoms in total. The van der Waals surface area contributed by atoms with E-state index in [9.17, 15) is 9.59 Å². The fourth-order valence-corrected chi connectivity index (χ4v) is 1.63. The molecule has 0 saturated carbocycles. The van der Waals surface area contributed by atoms with Gasteiger partial charge in [0, 0.05) is 12.2 Å². The number of rotatable bonds is 6. The topological polar surface area (TPSA) is 84.2 Å². The van der Waals surface area contributed by atoms with Gasteiger partial charge in [0.2, 0.25) is 11.8 Å². The minimum Gasteiger partial charge on any atom is -0.398 e. The molecule has 1 aromatic carbocycles. The summed E-state index contributed by atoms with van der Waals surface area (Å²) in [6.45, 7) is 4.25. The number of para-hydroxylation sites is 1. The second-order valence-electron chi connectivity index (χ2n) is 4.46. The first-order valence-corrected chi connectivity index (χ1v) is 6.45. The van der Waals surface area contributed by atoms with Crippen molar-refractivity contribution in [3.8, 4) is 0 Å². The summed E-state index contributed by atoms with van der Waals surface area (Å²) in [5.74, 6) is -0.381. The predicted octanol–water partition coefficient (Wildman–Crippen LogP) is 0.842. The Hall–Kier alpha value is -2.04. The number of nitrogen functional groups attached to an aromatic ring is 1. The average Bonchev–Trinajstić information content (AvgIpc) is 2.38. The molecule has 0 aromatic heterocycles. The van der Waals surface area contributed by atoms with Gasteiger partial charge in [-0.25, -0.2) is 0 Å². The molecule has 0 aliphatic heterocycles. The summed E-state index contributed by atoms with van der Waals surface area (Å²) < 4.78 is 0. The normalized spacial score (nSPS) is 11.7. The highest BCUT2D eigenvalue weighted by Gasteiger charge is 2.15. The van der Waals surface area contributed by atoms with E-state index in [1.165, 1.54) is 0 Å². The molecule has 0 spiro atoms. The molecule has 19 heavy (non-hydrogen) atoms. The summed E-state index contributed by atoms with van der Waals surface area (Å²) in [5.41, 5.74) is 7.11. The molecule has 4 N–H and O–H groups in total. The van der Waals surface area contributed by atoms with E-state index in [1.807, 2.05) is 19.1 Å². The lowest BCUT2D eigenvalue weighted by Crippen LogP contribution is -2.45. The smallest absolute Gasteiger partial charge is 0.242 e. The van der Waals surface area contributed by atoms with Crippen LogP contribution in [0.4, 0.5) is 5.69 Å². The maximum atomic E-state index is 11.8. The molecule has 1 unspecified atom stereocenters. The van der Waals surface area contributed by atoms with Crippen LogP contribution < -0.4 is 16.4 Å². The van der Waals surface area contributed by atoms with Gasteiger partial charge in [-0.2, -0.15) is 0 Å². The van der Waals surface area contributed by atoms with E-state index < -0.39 is 6.04 Å². The molecule has 0 saturated heterocycles. The Morgan fingerprint density at radius 2 is 2.00 bits per heavy atom. The second-order valence-corrected chi connectivity index (χ2v) is 4.46. The van der Waals surface area contributed by atoms with Gasteiger partial charge < -0.3 is 16.4 Å². The molecule has 2 amide bonds. The van der Waals surface area contributed by atoms with Crippen LogP contribution >= 0.6 is 0 Å². The van der Waals surface area contributed by atoms with Crippen LogP contribution in [0.5, 0.6) is 0 Å². The Labute approximate surface area is 113 Å². The molecule has 1 aromatic rings. The van der Waals surface area contributed by atoms with E-state index in [1.54, 1.807) is 19.1 Å². The molecule has 1 atom stereocenters. The zero-order valence-corrected chi connectivity index (χ0v) is 11.4. The molecular formula is C14H21N3O2. The fourth-order valence-electron chi connectivity index (χ4n) is 1.63. The summed E-state index contributed by atoms with van der Waals surface area (Å²) in [6.07, 6.45) is 1.05. The first kappa shape index (κ1) is 15.0. The summed E-state index contributed by atoms with van der Waals surface area (Å²) in [5, 5.41) is 5.39. The average molecular weight is 263 g/mol. The van der Waals surface area contributed by atoms with Crippen molar-refractivity contribution in [3.05, 3.63) is 29.8 Å².